The van der Waals surface area contributed by atoms with Crippen LogP contribution >= 0.6 is 11.6 Å². The van der Waals surface area contributed by atoms with Crippen LogP contribution in [0.5, 0.6) is 0 Å². The van der Waals surface area contributed by atoms with E-state index in [1.165, 1.54) is 6.07 Å². The lowest BCUT2D eigenvalue weighted by Crippen LogP contribution is -2.34. The zero-order chi connectivity index (χ0) is 11.6. The molecule has 2 rings (SSSR count). The number of nitrogens with zero attached hydrogens (tertiary/aromatic N) is 1. The van der Waals surface area contributed by atoms with Crippen LogP contribution in [0.2, 0.25) is 0 Å². The Bertz CT molecular complexity index is 424. The maximum Gasteiger partial charge on any atom is 0.251 e. The normalized spacial score (nSPS) is 25.6. The third-order valence-corrected chi connectivity index (χ3v) is 3.18. The fourth-order valence-electron chi connectivity index (χ4n) is 1.95. The predicted octanol–water partition coefficient (Wildman–Crippen LogP) is 1.92. The number of aromatic nitrogens is 2. The molecule has 2 heterocycles. The number of rotatable bonds is 2. The van der Waals surface area contributed by atoms with E-state index in [0.717, 1.165) is 19.3 Å². The van der Waals surface area contributed by atoms with Crippen molar-refractivity contribution in [3.8, 4) is 0 Å². The van der Waals surface area contributed by atoms with Gasteiger partial charge in [-0.3, -0.25) is 4.79 Å². The van der Waals surface area contributed by atoms with Crippen molar-refractivity contribution in [2.24, 2.45) is 0 Å². The van der Waals surface area contributed by atoms with Gasteiger partial charge in [0.25, 0.3) is 5.56 Å². The van der Waals surface area contributed by atoms with Crippen LogP contribution in [-0.4, -0.2) is 16.6 Å². The molecular formula is C11H15ClN2O2. The molecule has 16 heavy (non-hydrogen) atoms. The molecule has 1 aliphatic rings. The highest BCUT2D eigenvalue weighted by Crippen LogP contribution is 2.31. The Hall–Kier alpha value is -0.870. The summed E-state index contributed by atoms with van der Waals surface area (Å²) in [6, 6.07) is 1.42. The minimum Gasteiger partial charge on any atom is -0.367 e. The standard InChI is InChI=1S/C11H15ClN2O2/c1-11(4-2-3-5-16-11)10-13-8(7-12)6-9(15)14-10/h6H,2-5,7H2,1H3,(H,13,14,15). The van der Waals surface area contributed by atoms with Gasteiger partial charge in [0.15, 0.2) is 0 Å². The predicted molar refractivity (Wildman–Crippen MR) is 61.6 cm³/mol. The number of aromatic amines is 1. The summed E-state index contributed by atoms with van der Waals surface area (Å²) in [6.45, 7) is 2.67. The molecule has 0 aromatic carbocycles. The molecule has 1 saturated heterocycles. The molecule has 5 heteroatoms. The van der Waals surface area contributed by atoms with E-state index in [1.807, 2.05) is 6.92 Å². The zero-order valence-corrected chi connectivity index (χ0v) is 10.0. The highest BCUT2D eigenvalue weighted by atomic mass is 35.5. The van der Waals surface area contributed by atoms with Gasteiger partial charge in [0.2, 0.25) is 0 Å². The average molecular weight is 243 g/mol. The second kappa shape index (κ2) is 4.55. The van der Waals surface area contributed by atoms with Crippen molar-refractivity contribution in [1.29, 1.82) is 0 Å². The summed E-state index contributed by atoms with van der Waals surface area (Å²) >= 11 is 5.70. The zero-order valence-electron chi connectivity index (χ0n) is 9.25. The van der Waals surface area contributed by atoms with Gasteiger partial charge < -0.3 is 9.72 Å². The lowest BCUT2D eigenvalue weighted by molar-refractivity contribution is -0.0762. The molecule has 0 spiro atoms. The molecule has 1 aromatic rings. The monoisotopic (exact) mass is 242 g/mol. The van der Waals surface area contributed by atoms with Crippen LogP contribution in [0.3, 0.4) is 0 Å². The molecule has 0 saturated carbocycles. The van der Waals surface area contributed by atoms with Crippen LogP contribution in [0.4, 0.5) is 0 Å². The van der Waals surface area contributed by atoms with Crippen LogP contribution in [0.15, 0.2) is 10.9 Å². The largest absolute Gasteiger partial charge is 0.367 e. The van der Waals surface area contributed by atoms with E-state index in [0.29, 0.717) is 18.1 Å². The lowest BCUT2D eigenvalue weighted by atomic mass is 9.95. The number of ether oxygens (including phenoxy) is 1. The first-order chi connectivity index (χ1) is 7.64. The molecule has 1 aromatic heterocycles. The van der Waals surface area contributed by atoms with Crippen molar-refractivity contribution in [3.05, 3.63) is 27.9 Å². The first kappa shape index (κ1) is 11.6. The number of H-pyrrole nitrogens is 1. The maximum absolute atomic E-state index is 11.4. The van der Waals surface area contributed by atoms with Gasteiger partial charge in [0, 0.05) is 12.7 Å². The molecule has 88 valence electrons. The summed E-state index contributed by atoms with van der Waals surface area (Å²) in [7, 11) is 0. The van der Waals surface area contributed by atoms with Crippen molar-refractivity contribution < 1.29 is 4.74 Å². The van der Waals surface area contributed by atoms with E-state index < -0.39 is 5.60 Å². The maximum atomic E-state index is 11.4. The van der Waals surface area contributed by atoms with Crippen LogP contribution < -0.4 is 5.56 Å². The van der Waals surface area contributed by atoms with Gasteiger partial charge in [-0.15, -0.1) is 11.6 Å². The molecular weight excluding hydrogens is 228 g/mol. The summed E-state index contributed by atoms with van der Waals surface area (Å²) in [5.41, 5.74) is -0.0497. The Morgan fingerprint density at radius 3 is 3.06 bits per heavy atom. The van der Waals surface area contributed by atoms with Crippen molar-refractivity contribution >= 4 is 11.6 Å². The fourth-order valence-corrected chi connectivity index (χ4v) is 2.08. The Morgan fingerprint density at radius 1 is 1.62 bits per heavy atom. The molecule has 1 aliphatic heterocycles. The van der Waals surface area contributed by atoms with E-state index in [4.69, 9.17) is 16.3 Å². The first-order valence-electron chi connectivity index (χ1n) is 5.45. The molecule has 4 nitrogen and oxygen atoms in total. The third-order valence-electron chi connectivity index (χ3n) is 2.90. The summed E-state index contributed by atoms with van der Waals surface area (Å²) in [5.74, 6) is 0.836. The SMILES string of the molecule is CC1(c2nc(CCl)cc(=O)[nH]2)CCCCO1. The first-order valence-corrected chi connectivity index (χ1v) is 5.98. The quantitative estimate of drug-likeness (QED) is 0.807. The van der Waals surface area contributed by atoms with Crippen LogP contribution in [-0.2, 0) is 16.2 Å². The van der Waals surface area contributed by atoms with E-state index in [-0.39, 0.29) is 11.4 Å². The third kappa shape index (κ3) is 2.28. The van der Waals surface area contributed by atoms with E-state index in [9.17, 15) is 4.79 Å². The molecule has 0 amide bonds. The molecule has 1 N–H and O–H groups in total. The van der Waals surface area contributed by atoms with Gasteiger partial charge >= 0.3 is 0 Å². The van der Waals surface area contributed by atoms with Crippen molar-refractivity contribution in [2.75, 3.05) is 6.61 Å². The van der Waals surface area contributed by atoms with E-state index in [1.54, 1.807) is 0 Å². The van der Waals surface area contributed by atoms with E-state index in [2.05, 4.69) is 9.97 Å². The molecule has 0 radical (unpaired) electrons. The van der Waals surface area contributed by atoms with Gasteiger partial charge in [-0.1, -0.05) is 0 Å². The van der Waals surface area contributed by atoms with Crippen molar-refractivity contribution in [2.45, 2.75) is 37.7 Å². The molecule has 0 bridgehead atoms. The number of alkyl halides is 1. The molecule has 1 fully saturated rings. The Kier molecular flexibility index (Phi) is 3.30. The van der Waals surface area contributed by atoms with Gasteiger partial charge in [0.05, 0.1) is 11.6 Å². The van der Waals surface area contributed by atoms with Gasteiger partial charge in [-0.05, 0) is 26.2 Å². The second-order valence-corrected chi connectivity index (χ2v) is 4.52. The minimum atomic E-state index is -0.473. The Labute approximate surface area is 99.0 Å². The smallest absolute Gasteiger partial charge is 0.251 e. The van der Waals surface area contributed by atoms with Gasteiger partial charge in [-0.2, -0.15) is 0 Å². The lowest BCUT2D eigenvalue weighted by Gasteiger charge is -2.32. The second-order valence-electron chi connectivity index (χ2n) is 4.26. The number of hydrogen-bond donors (Lipinski definition) is 1. The van der Waals surface area contributed by atoms with Gasteiger partial charge in [0.1, 0.15) is 11.4 Å². The number of hydrogen-bond acceptors (Lipinski definition) is 3. The Balaban J connectivity index is 2.38. The summed E-state index contributed by atoms with van der Waals surface area (Å²) in [6.07, 6.45) is 3.03. The molecule has 1 atom stereocenters. The van der Waals surface area contributed by atoms with Crippen LogP contribution in [0.25, 0.3) is 0 Å². The number of nitrogens with one attached hydrogen (secondary N) is 1. The van der Waals surface area contributed by atoms with Crippen LogP contribution in [0.1, 0.15) is 37.7 Å². The Morgan fingerprint density at radius 2 is 2.44 bits per heavy atom. The van der Waals surface area contributed by atoms with E-state index >= 15 is 0 Å². The summed E-state index contributed by atoms with van der Waals surface area (Å²) in [5, 5.41) is 0. The van der Waals surface area contributed by atoms with Crippen molar-refractivity contribution in [3.63, 3.8) is 0 Å². The van der Waals surface area contributed by atoms with Gasteiger partial charge in [-0.25, -0.2) is 4.98 Å². The highest BCUT2D eigenvalue weighted by Gasteiger charge is 2.32. The summed E-state index contributed by atoms with van der Waals surface area (Å²) in [4.78, 5) is 18.5. The number of halogens is 1. The minimum absolute atomic E-state index is 0.170. The highest BCUT2D eigenvalue weighted by molar-refractivity contribution is 6.16. The average Bonchev–Trinajstić information content (AvgIpc) is 2.29. The van der Waals surface area contributed by atoms with Crippen LogP contribution in [0, 0.1) is 0 Å². The summed E-state index contributed by atoms with van der Waals surface area (Å²) < 4.78 is 5.73. The molecule has 1 unspecified atom stereocenters. The topological polar surface area (TPSA) is 55.0 Å². The molecule has 0 aliphatic carbocycles. The van der Waals surface area contributed by atoms with Crippen molar-refractivity contribution in [1.82, 2.24) is 9.97 Å². The fraction of sp³-hybridized carbons (Fsp3) is 0.636.